The summed E-state index contributed by atoms with van der Waals surface area (Å²) in [5, 5.41) is 14.2. The van der Waals surface area contributed by atoms with Gasteiger partial charge in [0.05, 0.1) is 0 Å². The minimum atomic E-state index is -0.879. The van der Waals surface area contributed by atoms with E-state index in [1.165, 1.54) is 0 Å². The van der Waals surface area contributed by atoms with Gasteiger partial charge in [-0.05, 0) is 122 Å². The number of hydrogen-bond donors (Lipinski definition) is 3. The fraction of sp³-hybridized carbons (Fsp3) is 0.371. The number of benzene rings is 3. The topological polar surface area (TPSA) is 170 Å². The molecule has 12 heteroatoms. The molecule has 11 nitrogen and oxygen atoms in total. The lowest BCUT2D eigenvalue weighted by molar-refractivity contribution is -0.127. The van der Waals surface area contributed by atoms with Gasteiger partial charge < -0.3 is 15.9 Å². The zero-order valence-corrected chi connectivity index (χ0v) is 27.1. The Labute approximate surface area is 278 Å². The van der Waals surface area contributed by atoms with Crippen molar-refractivity contribution in [2.75, 3.05) is 11.4 Å². The number of carbonyl (C=O) groups is 2. The van der Waals surface area contributed by atoms with E-state index in [4.69, 9.17) is 20.9 Å². The molecule has 0 radical (unpaired) electrons. The highest BCUT2D eigenvalue weighted by Gasteiger charge is 2.36. The number of aromatic amines is 1. The first-order valence-corrected chi connectivity index (χ1v) is 16.0. The van der Waals surface area contributed by atoms with Crippen LogP contribution in [0.4, 0.5) is 5.69 Å². The summed E-state index contributed by atoms with van der Waals surface area (Å²) in [4.78, 5) is 33.7. The fourth-order valence-corrected chi connectivity index (χ4v) is 6.63. The molecule has 47 heavy (non-hydrogen) atoms. The van der Waals surface area contributed by atoms with Crippen LogP contribution < -0.4 is 16.4 Å². The number of aryl methyl sites for hydroxylation is 1. The molecule has 0 unspecified atom stereocenters. The lowest BCUT2D eigenvalue weighted by atomic mass is 9.81. The van der Waals surface area contributed by atoms with E-state index in [2.05, 4.69) is 39.7 Å². The Morgan fingerprint density at radius 1 is 0.979 bits per heavy atom. The molecule has 2 aliphatic carbocycles. The Morgan fingerprint density at radius 3 is 2.30 bits per heavy atom. The number of H-pyrrole nitrogens is 1. The van der Waals surface area contributed by atoms with Crippen LogP contribution in [0.15, 0.2) is 65.1 Å². The standard InChI is InChI=1S/C35H38N8O3.ClH/c1-20-16-31-29(38-34(46-31)25-10-11-25)18-28(20)23-6-2-21(3-7-23)17-30(32(37)44)43(35(45)26-8-4-22(19-36)5-9-26)27-14-12-24(13-15-27)33-39-41-42-40-33;/h2-3,6-7,12-16,18,22,25-26,30H,4-5,8-11,17,19,36H2,1H3,(H2,37,44)(H,39,40,41,42);1H/t22?,26?,30-;/m0./s1. The highest BCUT2D eigenvalue weighted by molar-refractivity contribution is 6.02. The Hall–Kier alpha value is -4.61. The second-order valence-electron chi connectivity index (χ2n) is 12.7. The summed E-state index contributed by atoms with van der Waals surface area (Å²) in [6.07, 6.45) is 5.79. The lowest BCUT2D eigenvalue weighted by Crippen LogP contribution is -2.52. The molecular weight excluding hydrogens is 616 g/mol. The number of rotatable bonds is 10. The van der Waals surface area contributed by atoms with E-state index >= 15 is 0 Å². The average Bonchev–Trinajstić information content (AvgIpc) is 3.61. The second-order valence-corrected chi connectivity index (χ2v) is 12.7. The third kappa shape index (κ3) is 6.77. The first-order chi connectivity index (χ1) is 22.4. The van der Waals surface area contributed by atoms with Gasteiger partial charge in [-0.2, -0.15) is 5.21 Å². The van der Waals surface area contributed by atoms with Gasteiger partial charge >= 0.3 is 0 Å². The van der Waals surface area contributed by atoms with Crippen molar-refractivity contribution in [3.05, 3.63) is 77.7 Å². The van der Waals surface area contributed by atoms with Gasteiger partial charge in [-0.3, -0.25) is 14.5 Å². The summed E-state index contributed by atoms with van der Waals surface area (Å²) in [5.41, 5.74) is 19.1. The number of carbonyl (C=O) groups excluding carboxylic acids is 2. The third-order valence-electron chi connectivity index (χ3n) is 9.53. The van der Waals surface area contributed by atoms with E-state index in [1.54, 1.807) is 4.90 Å². The van der Waals surface area contributed by atoms with E-state index in [0.717, 1.165) is 83.3 Å². The summed E-state index contributed by atoms with van der Waals surface area (Å²) in [6.45, 7) is 2.69. The molecule has 2 fully saturated rings. The number of oxazole rings is 1. The molecule has 3 aromatic carbocycles. The van der Waals surface area contributed by atoms with Gasteiger partial charge in [-0.1, -0.05) is 24.3 Å². The van der Waals surface area contributed by atoms with Crippen molar-refractivity contribution in [2.24, 2.45) is 23.3 Å². The van der Waals surface area contributed by atoms with Gasteiger partial charge in [0.1, 0.15) is 11.6 Å². The Kier molecular flexibility index (Phi) is 9.38. The van der Waals surface area contributed by atoms with E-state index in [0.29, 0.717) is 29.9 Å². The minimum Gasteiger partial charge on any atom is -0.440 e. The number of aromatic nitrogens is 5. The van der Waals surface area contributed by atoms with Crippen molar-refractivity contribution in [1.82, 2.24) is 25.6 Å². The van der Waals surface area contributed by atoms with Crippen LogP contribution in [0.3, 0.4) is 0 Å². The molecule has 244 valence electrons. The van der Waals surface area contributed by atoms with E-state index in [1.807, 2.05) is 48.5 Å². The quantitative estimate of drug-likeness (QED) is 0.178. The Morgan fingerprint density at radius 2 is 1.68 bits per heavy atom. The molecular formula is C35H39ClN8O3. The van der Waals surface area contributed by atoms with Crippen molar-refractivity contribution in [2.45, 2.75) is 63.8 Å². The first-order valence-electron chi connectivity index (χ1n) is 16.0. The molecule has 2 aromatic heterocycles. The summed E-state index contributed by atoms with van der Waals surface area (Å²) in [6, 6.07) is 18.6. The number of fused-ring (bicyclic) bond motifs is 1. The average molecular weight is 655 g/mol. The highest BCUT2D eigenvalue weighted by Crippen LogP contribution is 2.41. The molecule has 7 rings (SSSR count). The van der Waals surface area contributed by atoms with Crippen LogP contribution in [-0.4, -0.2) is 50.0 Å². The number of amides is 2. The predicted octanol–water partition coefficient (Wildman–Crippen LogP) is 5.48. The normalized spacial score (nSPS) is 18.4. The largest absolute Gasteiger partial charge is 0.440 e. The molecule has 0 aliphatic heterocycles. The van der Waals surface area contributed by atoms with Gasteiger partial charge in [0, 0.05) is 29.5 Å². The molecule has 5 aromatic rings. The molecule has 0 spiro atoms. The molecule has 2 aliphatic rings. The molecule has 1 atom stereocenters. The SMILES string of the molecule is Cc1cc2oc(C3CC3)nc2cc1-c1ccc(C[C@@H](C(N)=O)N(C(=O)C2CCC(CN)CC2)c2ccc(-c3nn[nH]n3)cc2)cc1.Cl. The lowest BCUT2D eigenvalue weighted by Gasteiger charge is -2.35. The van der Waals surface area contributed by atoms with Crippen LogP contribution in [0.25, 0.3) is 33.6 Å². The van der Waals surface area contributed by atoms with Gasteiger partial charge in [0.2, 0.25) is 17.6 Å². The summed E-state index contributed by atoms with van der Waals surface area (Å²) in [7, 11) is 0. The monoisotopic (exact) mass is 654 g/mol. The van der Waals surface area contributed by atoms with Crippen LogP contribution in [-0.2, 0) is 16.0 Å². The van der Waals surface area contributed by atoms with Crippen LogP contribution in [0.1, 0.15) is 61.5 Å². The molecule has 5 N–H and O–H groups in total. The van der Waals surface area contributed by atoms with Gasteiger partial charge in [-0.15, -0.1) is 22.6 Å². The van der Waals surface area contributed by atoms with Gasteiger partial charge in [0.15, 0.2) is 11.5 Å². The molecule has 2 heterocycles. The number of hydrogen-bond acceptors (Lipinski definition) is 8. The van der Waals surface area contributed by atoms with Crippen molar-refractivity contribution < 1.29 is 14.0 Å². The van der Waals surface area contributed by atoms with Crippen molar-refractivity contribution >= 4 is 41.0 Å². The highest BCUT2D eigenvalue weighted by atomic mass is 35.5. The molecule has 2 amide bonds. The number of nitrogens with one attached hydrogen (secondary N) is 1. The van der Waals surface area contributed by atoms with Crippen molar-refractivity contribution in [3.63, 3.8) is 0 Å². The van der Waals surface area contributed by atoms with Crippen molar-refractivity contribution in [1.29, 1.82) is 0 Å². The van der Waals surface area contributed by atoms with E-state index < -0.39 is 11.9 Å². The number of nitrogens with zero attached hydrogens (tertiary/aromatic N) is 5. The second kappa shape index (κ2) is 13.6. The Bertz CT molecular complexity index is 1840. The van der Waals surface area contributed by atoms with Crippen LogP contribution in [0, 0.1) is 18.8 Å². The smallest absolute Gasteiger partial charge is 0.240 e. The van der Waals surface area contributed by atoms with E-state index in [-0.39, 0.29) is 30.7 Å². The number of primary amides is 1. The van der Waals surface area contributed by atoms with Crippen LogP contribution in [0.2, 0.25) is 0 Å². The fourth-order valence-electron chi connectivity index (χ4n) is 6.63. The maximum absolute atomic E-state index is 14.2. The zero-order chi connectivity index (χ0) is 31.8. The summed E-state index contributed by atoms with van der Waals surface area (Å²) >= 11 is 0. The molecule has 0 saturated heterocycles. The summed E-state index contributed by atoms with van der Waals surface area (Å²) in [5.74, 6) is 1.28. The van der Waals surface area contributed by atoms with E-state index in [9.17, 15) is 9.59 Å². The number of nitrogens with two attached hydrogens (primary N) is 2. The van der Waals surface area contributed by atoms with Crippen molar-refractivity contribution in [3.8, 4) is 22.5 Å². The van der Waals surface area contributed by atoms with Gasteiger partial charge in [0.25, 0.3) is 0 Å². The van der Waals surface area contributed by atoms with Crippen LogP contribution in [0.5, 0.6) is 0 Å². The zero-order valence-electron chi connectivity index (χ0n) is 26.3. The third-order valence-corrected chi connectivity index (χ3v) is 9.53. The first kappa shape index (κ1) is 32.3. The Balaban J connectivity index is 0.00000386. The molecule has 0 bridgehead atoms. The predicted molar refractivity (Wildman–Crippen MR) is 182 cm³/mol. The van der Waals surface area contributed by atoms with Gasteiger partial charge in [-0.25, -0.2) is 4.98 Å². The number of tetrazole rings is 1. The number of anilines is 1. The summed E-state index contributed by atoms with van der Waals surface area (Å²) < 4.78 is 6.00. The van der Waals surface area contributed by atoms with Crippen LogP contribution >= 0.6 is 12.4 Å². The number of halogens is 1. The molecule has 2 saturated carbocycles. The maximum atomic E-state index is 14.2. The maximum Gasteiger partial charge on any atom is 0.240 e. The minimum absolute atomic E-state index is 0.